The maximum absolute atomic E-state index is 13.2. The topological polar surface area (TPSA) is 29.5 Å². The summed E-state index contributed by atoms with van der Waals surface area (Å²) in [6.07, 6.45) is -0.335. The summed E-state index contributed by atoms with van der Waals surface area (Å²) in [5.41, 5.74) is 1.07. The highest BCUT2D eigenvalue weighted by atomic mass is 35.5. The molecule has 0 N–H and O–H groups in total. The number of hydrogen-bond donors (Lipinski definition) is 0. The predicted octanol–water partition coefficient (Wildman–Crippen LogP) is 5.00. The number of amides is 1. The molecule has 0 saturated carbocycles. The van der Waals surface area contributed by atoms with Crippen LogP contribution in [-0.4, -0.2) is 30.5 Å². The second kappa shape index (κ2) is 7.28. The molecule has 126 valence electrons. The van der Waals surface area contributed by atoms with Gasteiger partial charge in [-0.1, -0.05) is 34.8 Å². The van der Waals surface area contributed by atoms with Crippen molar-refractivity contribution in [2.45, 2.75) is 6.10 Å². The zero-order valence-electron chi connectivity index (χ0n) is 12.4. The second-order valence-corrected chi connectivity index (χ2v) is 6.72. The Morgan fingerprint density at radius 3 is 2.50 bits per heavy atom. The molecule has 1 aliphatic rings. The molecular formula is C17H13Cl3FNO2. The van der Waals surface area contributed by atoms with E-state index in [1.807, 2.05) is 0 Å². The molecule has 1 fully saturated rings. The molecule has 1 heterocycles. The first-order chi connectivity index (χ1) is 11.4. The van der Waals surface area contributed by atoms with Crippen molar-refractivity contribution in [1.82, 2.24) is 4.90 Å². The average Bonchev–Trinajstić information content (AvgIpc) is 2.53. The number of carbonyl (C=O) groups is 1. The van der Waals surface area contributed by atoms with Crippen LogP contribution in [0.3, 0.4) is 0 Å². The lowest BCUT2D eigenvalue weighted by atomic mass is 10.1. The van der Waals surface area contributed by atoms with Gasteiger partial charge >= 0.3 is 0 Å². The van der Waals surface area contributed by atoms with Gasteiger partial charge in [-0.05, 0) is 42.0 Å². The first kappa shape index (κ1) is 17.5. The van der Waals surface area contributed by atoms with Crippen molar-refractivity contribution in [3.05, 3.63) is 68.4 Å². The van der Waals surface area contributed by atoms with Gasteiger partial charge in [0.15, 0.2) is 0 Å². The van der Waals surface area contributed by atoms with E-state index in [-0.39, 0.29) is 22.6 Å². The Labute approximate surface area is 153 Å². The molecule has 0 radical (unpaired) electrons. The van der Waals surface area contributed by atoms with Crippen LogP contribution in [0.2, 0.25) is 15.1 Å². The quantitative estimate of drug-likeness (QED) is 0.724. The molecule has 0 unspecified atom stereocenters. The minimum Gasteiger partial charge on any atom is -0.370 e. The second-order valence-electron chi connectivity index (χ2n) is 5.44. The van der Waals surface area contributed by atoms with Crippen molar-refractivity contribution in [2.24, 2.45) is 0 Å². The lowest BCUT2D eigenvalue weighted by Crippen LogP contribution is -2.42. The summed E-state index contributed by atoms with van der Waals surface area (Å²) < 4.78 is 18.9. The molecule has 0 spiro atoms. The number of morpholine rings is 1. The fraction of sp³-hybridized carbons (Fsp3) is 0.235. The Bertz CT molecular complexity index is 764. The van der Waals surface area contributed by atoms with Crippen molar-refractivity contribution in [3.8, 4) is 0 Å². The number of ether oxygens (including phenoxy) is 1. The minimum absolute atomic E-state index is 0.0915. The summed E-state index contributed by atoms with van der Waals surface area (Å²) in [7, 11) is 0. The predicted molar refractivity (Wildman–Crippen MR) is 92.5 cm³/mol. The first-order valence-corrected chi connectivity index (χ1v) is 8.39. The summed E-state index contributed by atoms with van der Waals surface area (Å²) in [5.74, 6) is -0.744. The Kier molecular flexibility index (Phi) is 5.30. The van der Waals surface area contributed by atoms with Gasteiger partial charge in [0.1, 0.15) is 11.9 Å². The third-order valence-corrected chi connectivity index (χ3v) is 4.52. The van der Waals surface area contributed by atoms with Gasteiger partial charge in [0.05, 0.1) is 23.7 Å². The maximum atomic E-state index is 13.2. The van der Waals surface area contributed by atoms with Gasteiger partial charge in [-0.3, -0.25) is 4.79 Å². The van der Waals surface area contributed by atoms with Gasteiger partial charge in [-0.25, -0.2) is 4.39 Å². The molecule has 2 aromatic rings. The third kappa shape index (κ3) is 3.83. The van der Waals surface area contributed by atoms with Gasteiger partial charge < -0.3 is 9.64 Å². The summed E-state index contributed by atoms with van der Waals surface area (Å²) in [6, 6.07) is 8.89. The molecule has 1 atom stereocenters. The molecule has 1 saturated heterocycles. The van der Waals surface area contributed by atoms with Gasteiger partial charge in [-0.15, -0.1) is 0 Å². The molecule has 0 bridgehead atoms. The number of nitrogens with zero attached hydrogens (tertiary/aromatic N) is 1. The van der Waals surface area contributed by atoms with Crippen LogP contribution < -0.4 is 0 Å². The van der Waals surface area contributed by atoms with E-state index in [1.165, 1.54) is 12.1 Å². The Balaban J connectivity index is 1.81. The zero-order valence-corrected chi connectivity index (χ0v) is 14.7. The lowest BCUT2D eigenvalue weighted by molar-refractivity contribution is -0.0228. The van der Waals surface area contributed by atoms with E-state index < -0.39 is 5.82 Å². The average molecular weight is 389 g/mol. The van der Waals surface area contributed by atoms with Crippen LogP contribution in [-0.2, 0) is 4.74 Å². The standard InChI is InChI=1S/C17H13Cl3FNO2/c18-11-5-10(6-12(19)7-11)16-9-22(3-4-24-16)17(23)14-2-1-13(21)8-15(14)20/h1-2,5-8,16H,3-4,9H2/t16-/m0/s1. The van der Waals surface area contributed by atoms with Crippen LogP contribution >= 0.6 is 34.8 Å². The number of halogens is 4. The summed E-state index contributed by atoms with van der Waals surface area (Å²) in [6.45, 7) is 1.14. The summed E-state index contributed by atoms with van der Waals surface area (Å²) >= 11 is 18.0. The normalized spacial score (nSPS) is 17.8. The lowest BCUT2D eigenvalue weighted by Gasteiger charge is -2.33. The van der Waals surface area contributed by atoms with E-state index in [2.05, 4.69) is 0 Å². The molecule has 24 heavy (non-hydrogen) atoms. The zero-order chi connectivity index (χ0) is 17.3. The fourth-order valence-electron chi connectivity index (χ4n) is 2.63. The number of benzene rings is 2. The molecule has 3 rings (SSSR count). The van der Waals surface area contributed by atoms with E-state index in [0.29, 0.717) is 29.7 Å². The molecule has 7 heteroatoms. The van der Waals surface area contributed by atoms with E-state index in [1.54, 1.807) is 23.1 Å². The highest BCUT2D eigenvalue weighted by Gasteiger charge is 2.27. The molecule has 2 aromatic carbocycles. The van der Waals surface area contributed by atoms with E-state index in [0.717, 1.165) is 11.6 Å². The number of hydrogen-bond acceptors (Lipinski definition) is 2. The van der Waals surface area contributed by atoms with Crippen molar-refractivity contribution in [1.29, 1.82) is 0 Å². The first-order valence-electron chi connectivity index (χ1n) is 7.26. The monoisotopic (exact) mass is 387 g/mol. The molecule has 0 aromatic heterocycles. The van der Waals surface area contributed by atoms with E-state index in [4.69, 9.17) is 39.5 Å². The third-order valence-electron chi connectivity index (χ3n) is 3.77. The molecular weight excluding hydrogens is 376 g/mol. The molecule has 3 nitrogen and oxygen atoms in total. The Morgan fingerprint density at radius 1 is 1.12 bits per heavy atom. The van der Waals surface area contributed by atoms with Gasteiger partial charge in [0.2, 0.25) is 0 Å². The molecule has 0 aliphatic carbocycles. The van der Waals surface area contributed by atoms with E-state index >= 15 is 0 Å². The van der Waals surface area contributed by atoms with Gasteiger partial charge in [0, 0.05) is 16.6 Å². The largest absolute Gasteiger partial charge is 0.370 e. The van der Waals surface area contributed by atoms with E-state index in [9.17, 15) is 9.18 Å². The highest BCUT2D eigenvalue weighted by Crippen LogP contribution is 2.29. The smallest absolute Gasteiger partial charge is 0.255 e. The SMILES string of the molecule is O=C(c1ccc(F)cc1Cl)N1CCO[C@H](c2cc(Cl)cc(Cl)c2)C1. The minimum atomic E-state index is -0.482. The maximum Gasteiger partial charge on any atom is 0.255 e. The number of carbonyl (C=O) groups excluding carboxylic acids is 1. The van der Waals surface area contributed by atoms with Crippen molar-refractivity contribution < 1.29 is 13.9 Å². The number of rotatable bonds is 2. The Hall–Kier alpha value is -1.33. The van der Waals surface area contributed by atoms with Gasteiger partial charge in [0.25, 0.3) is 5.91 Å². The van der Waals surface area contributed by atoms with Crippen molar-refractivity contribution in [3.63, 3.8) is 0 Å². The van der Waals surface area contributed by atoms with Crippen LogP contribution in [0.5, 0.6) is 0 Å². The van der Waals surface area contributed by atoms with Crippen molar-refractivity contribution >= 4 is 40.7 Å². The van der Waals surface area contributed by atoms with Crippen LogP contribution in [0, 0.1) is 5.82 Å². The summed E-state index contributed by atoms with van der Waals surface area (Å²) in [4.78, 5) is 14.3. The van der Waals surface area contributed by atoms with Gasteiger partial charge in [-0.2, -0.15) is 0 Å². The molecule has 1 aliphatic heterocycles. The van der Waals surface area contributed by atoms with Crippen LogP contribution in [0.25, 0.3) is 0 Å². The van der Waals surface area contributed by atoms with Crippen LogP contribution in [0.1, 0.15) is 22.0 Å². The Morgan fingerprint density at radius 2 is 1.83 bits per heavy atom. The fourth-order valence-corrected chi connectivity index (χ4v) is 3.42. The highest BCUT2D eigenvalue weighted by molar-refractivity contribution is 6.34. The summed E-state index contributed by atoms with van der Waals surface area (Å²) in [5, 5.41) is 1.10. The molecule has 1 amide bonds. The van der Waals surface area contributed by atoms with Crippen molar-refractivity contribution in [2.75, 3.05) is 19.7 Å². The van der Waals surface area contributed by atoms with Crippen LogP contribution in [0.4, 0.5) is 4.39 Å². The van der Waals surface area contributed by atoms with Crippen LogP contribution in [0.15, 0.2) is 36.4 Å².